The number of rotatable bonds is 6. The smallest absolute Gasteiger partial charge is 0.339 e. The van der Waals surface area contributed by atoms with Crippen molar-refractivity contribution in [3.05, 3.63) is 95.1 Å². The zero-order valence-corrected chi connectivity index (χ0v) is 19.9. The van der Waals surface area contributed by atoms with Crippen LogP contribution in [0.3, 0.4) is 0 Å². The van der Waals surface area contributed by atoms with E-state index in [1.165, 1.54) is 24.8 Å². The number of fused-ring (bicyclic) bond motifs is 1. The van der Waals surface area contributed by atoms with Crippen LogP contribution in [0.25, 0.3) is 0 Å². The Hall–Kier alpha value is -4.26. The van der Waals surface area contributed by atoms with Gasteiger partial charge in [-0.2, -0.15) is 0 Å². The van der Waals surface area contributed by atoms with Gasteiger partial charge < -0.3 is 14.5 Å². The first-order valence-electron chi connectivity index (χ1n) is 11.4. The van der Waals surface area contributed by atoms with E-state index in [-0.39, 0.29) is 28.7 Å². The number of hydrogen-bond acceptors (Lipinski definition) is 5. The first-order chi connectivity index (χ1) is 16.8. The summed E-state index contributed by atoms with van der Waals surface area (Å²) in [6, 6.07) is 20.6. The summed E-state index contributed by atoms with van der Waals surface area (Å²) in [5, 5.41) is 0. The van der Waals surface area contributed by atoms with E-state index in [0.717, 1.165) is 11.3 Å². The summed E-state index contributed by atoms with van der Waals surface area (Å²) in [6.45, 7) is 3.60. The van der Waals surface area contributed by atoms with Crippen LogP contribution in [0.1, 0.15) is 50.5 Å². The molecule has 0 fully saturated rings. The molecule has 7 heteroatoms. The summed E-state index contributed by atoms with van der Waals surface area (Å²) in [7, 11) is 1.63. The van der Waals surface area contributed by atoms with Gasteiger partial charge in [-0.3, -0.25) is 14.4 Å². The third-order valence-electron chi connectivity index (χ3n) is 6.12. The van der Waals surface area contributed by atoms with E-state index in [0.29, 0.717) is 24.2 Å². The summed E-state index contributed by atoms with van der Waals surface area (Å²) in [5.74, 6) is -1.51. The molecule has 2 amide bonds. The number of hydrogen-bond donors (Lipinski definition) is 0. The van der Waals surface area contributed by atoms with E-state index in [4.69, 9.17) is 4.74 Å². The van der Waals surface area contributed by atoms with Crippen LogP contribution in [0.5, 0.6) is 0 Å². The molecule has 35 heavy (non-hydrogen) atoms. The Morgan fingerprint density at radius 1 is 0.914 bits per heavy atom. The molecule has 0 spiro atoms. The number of benzene rings is 3. The first kappa shape index (κ1) is 23.9. The summed E-state index contributed by atoms with van der Waals surface area (Å²) < 4.78 is 5.48. The number of ketones is 1. The lowest BCUT2D eigenvalue weighted by molar-refractivity contribution is -0.116. The van der Waals surface area contributed by atoms with Crippen molar-refractivity contribution >= 4 is 34.9 Å². The van der Waals surface area contributed by atoms with Gasteiger partial charge in [0.05, 0.1) is 11.1 Å². The molecule has 7 nitrogen and oxygen atoms in total. The van der Waals surface area contributed by atoms with Crippen LogP contribution in [0.4, 0.5) is 11.4 Å². The Bertz CT molecular complexity index is 1300. The van der Waals surface area contributed by atoms with Crippen molar-refractivity contribution in [1.82, 2.24) is 0 Å². The number of esters is 1. The van der Waals surface area contributed by atoms with Gasteiger partial charge >= 0.3 is 5.97 Å². The number of Topliss-reactive ketones (excluding diaryl/α,β-unsaturated/α-hetero) is 1. The summed E-state index contributed by atoms with van der Waals surface area (Å²) in [4.78, 5) is 54.0. The molecule has 1 unspecified atom stereocenters. The van der Waals surface area contributed by atoms with E-state index in [1.807, 2.05) is 18.2 Å². The second-order valence-corrected chi connectivity index (χ2v) is 8.42. The molecule has 3 aromatic rings. The van der Waals surface area contributed by atoms with E-state index in [1.54, 1.807) is 60.5 Å². The first-order valence-corrected chi connectivity index (χ1v) is 11.4. The Morgan fingerprint density at radius 2 is 1.57 bits per heavy atom. The maximum Gasteiger partial charge on any atom is 0.339 e. The largest absolute Gasteiger partial charge is 0.451 e. The van der Waals surface area contributed by atoms with Gasteiger partial charge in [-0.05, 0) is 61.4 Å². The number of nitrogens with zero attached hydrogens (tertiary/aromatic N) is 2. The van der Waals surface area contributed by atoms with Crippen molar-refractivity contribution < 1.29 is 23.9 Å². The topological polar surface area (TPSA) is 84.0 Å². The third kappa shape index (κ3) is 4.84. The van der Waals surface area contributed by atoms with Gasteiger partial charge in [0, 0.05) is 37.5 Å². The van der Waals surface area contributed by atoms with Gasteiger partial charge in [0.25, 0.3) is 5.91 Å². The van der Waals surface area contributed by atoms with Crippen LogP contribution in [0, 0.1) is 0 Å². The molecule has 0 aromatic heterocycles. The fourth-order valence-electron chi connectivity index (χ4n) is 4.19. The molecule has 0 N–H and O–H groups in total. The van der Waals surface area contributed by atoms with Crippen LogP contribution in [0.15, 0.2) is 72.8 Å². The van der Waals surface area contributed by atoms with E-state index < -0.39 is 12.1 Å². The maximum atomic E-state index is 13.1. The Balaban J connectivity index is 1.50. The van der Waals surface area contributed by atoms with Gasteiger partial charge in [0.15, 0.2) is 6.10 Å². The highest BCUT2D eigenvalue weighted by atomic mass is 16.5. The second-order valence-electron chi connectivity index (χ2n) is 8.42. The van der Waals surface area contributed by atoms with Crippen LogP contribution in [0.2, 0.25) is 0 Å². The Kier molecular flexibility index (Phi) is 6.78. The van der Waals surface area contributed by atoms with E-state index in [9.17, 15) is 19.2 Å². The number of carbonyl (C=O) groups is 4. The summed E-state index contributed by atoms with van der Waals surface area (Å²) in [6.07, 6.45) is -0.393. The van der Waals surface area contributed by atoms with Crippen LogP contribution < -0.4 is 9.80 Å². The van der Waals surface area contributed by atoms with Crippen LogP contribution >= 0.6 is 0 Å². The van der Waals surface area contributed by atoms with Gasteiger partial charge in [-0.15, -0.1) is 0 Å². The predicted octanol–water partition coefficient (Wildman–Crippen LogP) is 4.30. The second kappa shape index (κ2) is 9.93. The molecule has 0 bridgehead atoms. The predicted molar refractivity (Wildman–Crippen MR) is 133 cm³/mol. The molecule has 0 aliphatic carbocycles. The zero-order chi connectivity index (χ0) is 25.1. The van der Waals surface area contributed by atoms with Gasteiger partial charge in [-0.1, -0.05) is 30.3 Å². The average molecular weight is 471 g/mol. The Labute approximate surface area is 203 Å². The number of amides is 2. The molecule has 0 saturated heterocycles. The van der Waals surface area contributed by atoms with Gasteiger partial charge in [0.1, 0.15) is 0 Å². The lowest BCUT2D eigenvalue weighted by Crippen LogP contribution is -2.29. The minimum Gasteiger partial charge on any atom is -0.451 e. The van der Waals surface area contributed by atoms with Crippen molar-refractivity contribution in [2.24, 2.45) is 0 Å². The van der Waals surface area contributed by atoms with E-state index >= 15 is 0 Å². The highest BCUT2D eigenvalue weighted by Crippen LogP contribution is 2.29. The molecule has 1 aliphatic rings. The standard InChI is InChI=1S/C28H26N2O5/c1-18(26(32)21-13-14-25-20(17-21)15-16-30(25)19(2)31)35-28(34)24-12-8-7-11-23(24)27(33)29(3)22-9-5-4-6-10-22/h4-14,17-18H,15-16H2,1-3H3. The lowest BCUT2D eigenvalue weighted by Gasteiger charge is -2.19. The molecule has 1 aliphatic heterocycles. The molecule has 0 saturated carbocycles. The molecule has 4 rings (SSSR count). The number of para-hydroxylation sites is 1. The summed E-state index contributed by atoms with van der Waals surface area (Å²) >= 11 is 0. The van der Waals surface area contributed by atoms with Crippen molar-refractivity contribution in [2.75, 3.05) is 23.4 Å². The highest BCUT2D eigenvalue weighted by Gasteiger charge is 2.27. The SMILES string of the molecule is CC(=O)N1CCc2cc(C(=O)C(C)OC(=O)c3ccccc3C(=O)N(C)c3ccccc3)ccc21. The molecular formula is C28H26N2O5. The van der Waals surface area contributed by atoms with Crippen molar-refractivity contribution in [1.29, 1.82) is 0 Å². The monoisotopic (exact) mass is 470 g/mol. The third-order valence-corrected chi connectivity index (χ3v) is 6.12. The number of ether oxygens (including phenoxy) is 1. The minimum absolute atomic E-state index is 0.0451. The van der Waals surface area contributed by atoms with E-state index in [2.05, 4.69) is 0 Å². The Morgan fingerprint density at radius 3 is 2.26 bits per heavy atom. The fraction of sp³-hybridized carbons (Fsp3) is 0.214. The van der Waals surface area contributed by atoms with Crippen molar-refractivity contribution in [3.63, 3.8) is 0 Å². The van der Waals surface area contributed by atoms with Gasteiger partial charge in [-0.25, -0.2) is 4.79 Å². The zero-order valence-electron chi connectivity index (χ0n) is 19.9. The van der Waals surface area contributed by atoms with Gasteiger partial charge in [0.2, 0.25) is 11.7 Å². The maximum absolute atomic E-state index is 13.1. The van der Waals surface area contributed by atoms with Crippen LogP contribution in [-0.2, 0) is 16.0 Å². The van der Waals surface area contributed by atoms with Crippen LogP contribution in [-0.4, -0.2) is 43.3 Å². The molecule has 178 valence electrons. The molecule has 3 aromatic carbocycles. The highest BCUT2D eigenvalue weighted by molar-refractivity contribution is 6.12. The van der Waals surface area contributed by atoms with Crippen molar-refractivity contribution in [3.8, 4) is 0 Å². The molecule has 0 radical (unpaired) electrons. The van der Waals surface area contributed by atoms with Crippen molar-refractivity contribution in [2.45, 2.75) is 26.4 Å². The lowest BCUT2D eigenvalue weighted by atomic mass is 10.0. The number of anilines is 2. The molecule has 1 atom stereocenters. The number of carbonyl (C=O) groups excluding carboxylic acids is 4. The molecule has 1 heterocycles. The minimum atomic E-state index is -1.05. The molecular weight excluding hydrogens is 444 g/mol. The average Bonchev–Trinajstić information content (AvgIpc) is 3.31. The quantitative estimate of drug-likeness (QED) is 0.396. The summed E-state index contributed by atoms with van der Waals surface area (Å²) in [5.41, 5.74) is 3.07. The normalized spacial score (nSPS) is 13.1. The fourth-order valence-corrected chi connectivity index (χ4v) is 4.19.